The number of methoxy groups -OCH3 is 1. The van der Waals surface area contributed by atoms with Gasteiger partial charge in [-0.3, -0.25) is 10.1 Å². The van der Waals surface area contributed by atoms with Crippen molar-refractivity contribution >= 4 is 23.0 Å². The van der Waals surface area contributed by atoms with Gasteiger partial charge in [-0.1, -0.05) is 0 Å². The molecular weight excluding hydrogens is 256 g/mol. The van der Waals surface area contributed by atoms with Gasteiger partial charge in [0.1, 0.15) is 5.01 Å². The molecule has 18 heavy (non-hydrogen) atoms. The molecule has 0 aliphatic heterocycles. The Balaban J connectivity index is 2.55. The van der Waals surface area contributed by atoms with Gasteiger partial charge >= 0.3 is 5.97 Å². The highest BCUT2D eigenvalue weighted by Gasteiger charge is 2.20. The SMILES string of the molecule is COC(=O)c1ccc(-c2nccs2)c([N+](=O)[O-])c1. The van der Waals surface area contributed by atoms with Crippen molar-refractivity contribution in [3.05, 3.63) is 45.5 Å². The monoisotopic (exact) mass is 264 g/mol. The molecule has 0 radical (unpaired) electrons. The summed E-state index contributed by atoms with van der Waals surface area (Å²) in [7, 11) is 1.23. The van der Waals surface area contributed by atoms with Gasteiger partial charge in [0.15, 0.2) is 0 Å². The van der Waals surface area contributed by atoms with Crippen LogP contribution in [0.5, 0.6) is 0 Å². The molecule has 0 bridgehead atoms. The van der Waals surface area contributed by atoms with Crippen LogP contribution in [0.25, 0.3) is 10.6 Å². The Labute approximate surface area is 106 Å². The van der Waals surface area contributed by atoms with Crippen molar-refractivity contribution < 1.29 is 14.5 Å². The van der Waals surface area contributed by atoms with E-state index >= 15 is 0 Å². The second-order valence-electron chi connectivity index (χ2n) is 3.32. The zero-order chi connectivity index (χ0) is 13.1. The molecule has 0 unspecified atom stereocenters. The number of nitro benzene ring substituents is 1. The van der Waals surface area contributed by atoms with Gasteiger partial charge in [-0.05, 0) is 12.1 Å². The van der Waals surface area contributed by atoms with E-state index in [0.29, 0.717) is 10.6 Å². The minimum absolute atomic E-state index is 0.143. The van der Waals surface area contributed by atoms with Gasteiger partial charge in [0.05, 0.1) is 23.2 Å². The average molecular weight is 264 g/mol. The number of esters is 1. The summed E-state index contributed by atoms with van der Waals surface area (Å²) in [6.45, 7) is 0. The number of carbonyl (C=O) groups is 1. The van der Waals surface area contributed by atoms with E-state index in [4.69, 9.17) is 0 Å². The Morgan fingerprint density at radius 3 is 2.83 bits per heavy atom. The number of hydrogen-bond acceptors (Lipinski definition) is 6. The highest BCUT2D eigenvalue weighted by atomic mass is 32.1. The summed E-state index contributed by atoms with van der Waals surface area (Å²) >= 11 is 1.30. The van der Waals surface area contributed by atoms with Gasteiger partial charge in [0.2, 0.25) is 0 Å². The molecule has 0 fully saturated rings. The molecule has 0 atom stereocenters. The summed E-state index contributed by atoms with van der Waals surface area (Å²) in [5, 5.41) is 13.3. The fourth-order valence-electron chi connectivity index (χ4n) is 1.46. The van der Waals surface area contributed by atoms with Crippen LogP contribution in [0.15, 0.2) is 29.8 Å². The molecule has 92 valence electrons. The lowest BCUT2D eigenvalue weighted by molar-refractivity contribution is -0.384. The topological polar surface area (TPSA) is 82.3 Å². The molecule has 1 aromatic carbocycles. The lowest BCUT2D eigenvalue weighted by Gasteiger charge is -2.02. The van der Waals surface area contributed by atoms with Crippen molar-refractivity contribution in [3.8, 4) is 10.6 Å². The summed E-state index contributed by atoms with van der Waals surface area (Å²) in [6, 6.07) is 4.18. The van der Waals surface area contributed by atoms with Crippen LogP contribution in [0.4, 0.5) is 5.69 Å². The van der Waals surface area contributed by atoms with Crippen molar-refractivity contribution in [3.63, 3.8) is 0 Å². The predicted molar refractivity (Wildman–Crippen MR) is 65.5 cm³/mol. The Bertz CT molecular complexity index is 595. The van der Waals surface area contributed by atoms with Crippen molar-refractivity contribution in [1.29, 1.82) is 0 Å². The van der Waals surface area contributed by atoms with Crippen molar-refractivity contribution in [2.24, 2.45) is 0 Å². The Hall–Kier alpha value is -2.28. The normalized spacial score (nSPS) is 10.1. The Morgan fingerprint density at radius 1 is 1.50 bits per heavy atom. The minimum Gasteiger partial charge on any atom is -0.465 e. The zero-order valence-electron chi connectivity index (χ0n) is 9.32. The maximum Gasteiger partial charge on any atom is 0.338 e. The highest BCUT2D eigenvalue weighted by Crippen LogP contribution is 2.32. The molecule has 7 heteroatoms. The molecule has 0 aliphatic carbocycles. The third-order valence-corrected chi connectivity index (χ3v) is 3.08. The molecule has 0 aliphatic rings. The van der Waals surface area contributed by atoms with Crippen LogP contribution in [0, 0.1) is 10.1 Å². The maximum atomic E-state index is 11.3. The van der Waals surface area contributed by atoms with Crippen LogP contribution in [-0.4, -0.2) is 23.0 Å². The number of hydrogen-bond donors (Lipinski definition) is 0. The average Bonchev–Trinajstić information content (AvgIpc) is 2.90. The van der Waals surface area contributed by atoms with E-state index in [1.54, 1.807) is 11.6 Å². The number of aromatic nitrogens is 1. The van der Waals surface area contributed by atoms with Crippen LogP contribution >= 0.6 is 11.3 Å². The zero-order valence-corrected chi connectivity index (χ0v) is 10.1. The molecule has 0 N–H and O–H groups in total. The summed E-state index contributed by atoms with van der Waals surface area (Å²) in [4.78, 5) is 25.8. The fraction of sp³-hybridized carbons (Fsp3) is 0.0909. The smallest absolute Gasteiger partial charge is 0.338 e. The maximum absolute atomic E-state index is 11.3. The van der Waals surface area contributed by atoms with E-state index in [2.05, 4.69) is 9.72 Å². The first-order valence-corrected chi connectivity index (χ1v) is 5.78. The number of nitro groups is 1. The third kappa shape index (κ3) is 2.21. The van der Waals surface area contributed by atoms with E-state index in [-0.39, 0.29) is 11.3 Å². The van der Waals surface area contributed by atoms with Gasteiger partial charge in [0.25, 0.3) is 5.69 Å². The number of benzene rings is 1. The number of ether oxygens (including phenoxy) is 1. The molecule has 6 nitrogen and oxygen atoms in total. The fourth-order valence-corrected chi connectivity index (χ4v) is 2.14. The van der Waals surface area contributed by atoms with Gasteiger partial charge in [-0.15, -0.1) is 11.3 Å². The summed E-state index contributed by atoms with van der Waals surface area (Å²) in [5.41, 5.74) is 0.375. The van der Waals surface area contributed by atoms with E-state index in [0.717, 1.165) is 0 Å². The van der Waals surface area contributed by atoms with Crippen LogP contribution < -0.4 is 0 Å². The molecule has 0 amide bonds. The van der Waals surface area contributed by atoms with Crippen LogP contribution in [0.3, 0.4) is 0 Å². The van der Waals surface area contributed by atoms with Crippen LogP contribution in [0.2, 0.25) is 0 Å². The summed E-state index contributed by atoms with van der Waals surface area (Å²) in [5.74, 6) is -0.608. The van der Waals surface area contributed by atoms with Crippen LogP contribution in [-0.2, 0) is 4.74 Å². The quantitative estimate of drug-likeness (QED) is 0.483. The first-order valence-electron chi connectivity index (χ1n) is 4.90. The largest absolute Gasteiger partial charge is 0.465 e. The van der Waals surface area contributed by atoms with E-state index in [1.807, 2.05) is 0 Å². The highest BCUT2D eigenvalue weighted by molar-refractivity contribution is 7.13. The number of nitrogens with zero attached hydrogens (tertiary/aromatic N) is 2. The second-order valence-corrected chi connectivity index (χ2v) is 4.21. The summed E-state index contributed by atoms with van der Waals surface area (Å²) in [6.07, 6.45) is 1.57. The molecule has 0 saturated heterocycles. The van der Waals surface area contributed by atoms with Crippen molar-refractivity contribution in [2.75, 3.05) is 7.11 Å². The molecule has 0 spiro atoms. The molecular formula is C11H8N2O4S. The predicted octanol–water partition coefficient (Wildman–Crippen LogP) is 2.50. The van der Waals surface area contributed by atoms with Gasteiger partial charge < -0.3 is 4.74 Å². The standard InChI is InChI=1S/C11H8N2O4S/c1-17-11(14)7-2-3-8(9(6-7)13(15)16)10-12-4-5-18-10/h2-6H,1H3. The van der Waals surface area contributed by atoms with E-state index in [1.165, 1.54) is 36.6 Å². The lowest BCUT2D eigenvalue weighted by atomic mass is 10.1. The number of rotatable bonds is 3. The summed E-state index contributed by atoms with van der Waals surface area (Å²) < 4.78 is 4.53. The molecule has 2 rings (SSSR count). The molecule has 1 heterocycles. The second kappa shape index (κ2) is 4.92. The lowest BCUT2D eigenvalue weighted by Crippen LogP contribution is -2.02. The number of carbonyl (C=O) groups excluding carboxylic acids is 1. The van der Waals surface area contributed by atoms with Gasteiger partial charge in [-0.2, -0.15) is 0 Å². The van der Waals surface area contributed by atoms with Gasteiger partial charge in [-0.25, -0.2) is 9.78 Å². The first-order chi connectivity index (χ1) is 8.63. The minimum atomic E-state index is -0.608. The number of thiazole rings is 1. The van der Waals surface area contributed by atoms with Crippen LogP contribution in [0.1, 0.15) is 10.4 Å². The third-order valence-electron chi connectivity index (χ3n) is 2.28. The first kappa shape index (κ1) is 12.2. The molecule has 1 aromatic heterocycles. The van der Waals surface area contributed by atoms with Crippen molar-refractivity contribution in [1.82, 2.24) is 4.98 Å². The Kier molecular flexibility index (Phi) is 3.33. The van der Waals surface area contributed by atoms with Crippen molar-refractivity contribution in [2.45, 2.75) is 0 Å². The van der Waals surface area contributed by atoms with E-state index < -0.39 is 10.9 Å². The molecule has 0 saturated carbocycles. The molecule has 2 aromatic rings. The van der Waals surface area contributed by atoms with Gasteiger partial charge in [0, 0.05) is 17.6 Å². The van der Waals surface area contributed by atoms with E-state index in [9.17, 15) is 14.9 Å². The Morgan fingerprint density at radius 2 is 2.28 bits per heavy atom.